The number of likely N-dealkylation sites (tertiary alicyclic amines) is 1. The predicted octanol–water partition coefficient (Wildman–Crippen LogP) is 1.92. The number of hydrogen-bond donors (Lipinski definition) is 0. The molecule has 0 bridgehead atoms. The fourth-order valence-electron chi connectivity index (χ4n) is 3.00. The van der Waals surface area contributed by atoms with Crippen LogP contribution in [-0.4, -0.2) is 39.8 Å². The molecule has 2 aromatic rings. The number of aryl methyl sites for hydroxylation is 1. The second kappa shape index (κ2) is 8.23. The molecule has 1 aromatic carbocycles. The first-order valence-electron chi connectivity index (χ1n) is 8.64. The molecule has 0 saturated carbocycles. The molecule has 0 radical (unpaired) electrons. The summed E-state index contributed by atoms with van der Waals surface area (Å²) in [6, 6.07) is 10.1. The summed E-state index contributed by atoms with van der Waals surface area (Å²) >= 11 is 6.18. The minimum atomic E-state index is -0.205. The Bertz CT molecular complexity index is 943. The van der Waals surface area contributed by atoms with E-state index >= 15 is 0 Å². The van der Waals surface area contributed by atoms with Crippen molar-refractivity contribution in [2.75, 3.05) is 13.1 Å². The van der Waals surface area contributed by atoms with Crippen LogP contribution in [0.2, 0.25) is 5.02 Å². The number of aromatic nitrogens is 2. The molecule has 3 rings (SSSR count). The number of nitrogens with zero attached hydrogens (tertiary/aromatic N) is 4. The number of nitriles is 1. The Morgan fingerprint density at radius 1 is 1.33 bits per heavy atom. The Labute approximate surface area is 161 Å². The molecule has 1 aromatic heterocycles. The van der Waals surface area contributed by atoms with Crippen LogP contribution in [0.4, 0.5) is 0 Å². The van der Waals surface area contributed by atoms with Gasteiger partial charge in [0.2, 0.25) is 5.91 Å². The van der Waals surface area contributed by atoms with Crippen molar-refractivity contribution in [2.24, 2.45) is 7.05 Å². The van der Waals surface area contributed by atoms with E-state index in [1.54, 1.807) is 36.2 Å². The average Bonchev–Trinajstić information content (AvgIpc) is 2.67. The highest BCUT2D eigenvalue weighted by molar-refractivity contribution is 6.33. The van der Waals surface area contributed by atoms with Gasteiger partial charge in [-0.15, -0.1) is 0 Å². The maximum absolute atomic E-state index is 12.5. The van der Waals surface area contributed by atoms with E-state index in [9.17, 15) is 9.59 Å². The number of hydrogen-bond acceptors (Lipinski definition) is 5. The molecule has 0 unspecified atom stereocenters. The summed E-state index contributed by atoms with van der Waals surface area (Å²) in [5.74, 6) is 0.471. The maximum Gasteiger partial charge on any atom is 0.266 e. The Balaban J connectivity index is 1.55. The van der Waals surface area contributed by atoms with Crippen molar-refractivity contribution in [1.29, 1.82) is 5.26 Å². The normalized spacial score (nSPS) is 14.6. The Morgan fingerprint density at radius 3 is 2.74 bits per heavy atom. The molecule has 27 heavy (non-hydrogen) atoms. The van der Waals surface area contributed by atoms with Crippen LogP contribution in [0.15, 0.2) is 35.1 Å². The van der Waals surface area contributed by atoms with Gasteiger partial charge < -0.3 is 9.64 Å². The van der Waals surface area contributed by atoms with E-state index in [1.807, 2.05) is 6.07 Å². The maximum atomic E-state index is 12.5. The molecule has 1 amide bonds. The third-order valence-corrected chi connectivity index (χ3v) is 4.91. The lowest BCUT2D eigenvalue weighted by Gasteiger charge is -2.32. The molecule has 0 N–H and O–H groups in total. The summed E-state index contributed by atoms with van der Waals surface area (Å²) in [4.78, 5) is 25.6. The van der Waals surface area contributed by atoms with Gasteiger partial charge in [-0.05, 0) is 18.2 Å². The lowest BCUT2D eigenvalue weighted by atomic mass is 10.1. The molecule has 0 aliphatic carbocycles. The average molecular weight is 387 g/mol. The van der Waals surface area contributed by atoms with Crippen LogP contribution >= 0.6 is 11.6 Å². The Kier molecular flexibility index (Phi) is 5.77. The Morgan fingerprint density at radius 2 is 2.07 bits per heavy atom. The fraction of sp³-hybridized carbons (Fsp3) is 0.368. The summed E-state index contributed by atoms with van der Waals surface area (Å²) in [6.45, 7) is 1.15. The van der Waals surface area contributed by atoms with Crippen molar-refractivity contribution in [3.05, 3.63) is 57.0 Å². The zero-order valence-electron chi connectivity index (χ0n) is 14.9. The van der Waals surface area contributed by atoms with Gasteiger partial charge in [0.05, 0.1) is 17.7 Å². The van der Waals surface area contributed by atoms with Crippen molar-refractivity contribution in [2.45, 2.75) is 25.4 Å². The van der Waals surface area contributed by atoms with E-state index in [-0.39, 0.29) is 24.0 Å². The van der Waals surface area contributed by atoms with E-state index in [1.165, 1.54) is 10.7 Å². The van der Waals surface area contributed by atoms with Crippen molar-refractivity contribution in [3.8, 4) is 11.8 Å². The molecule has 2 heterocycles. The third kappa shape index (κ3) is 4.47. The van der Waals surface area contributed by atoms with Gasteiger partial charge in [-0.2, -0.15) is 10.4 Å². The number of ether oxygens (including phenoxy) is 1. The smallest absolute Gasteiger partial charge is 0.266 e. The molecule has 0 spiro atoms. The van der Waals surface area contributed by atoms with Crippen LogP contribution in [0.5, 0.6) is 5.75 Å². The van der Waals surface area contributed by atoms with Crippen molar-refractivity contribution >= 4 is 17.5 Å². The number of halogens is 1. The number of benzene rings is 1. The van der Waals surface area contributed by atoms with Crippen molar-refractivity contribution in [1.82, 2.24) is 14.7 Å². The second-order valence-electron chi connectivity index (χ2n) is 6.39. The first kappa shape index (κ1) is 18.9. The van der Waals surface area contributed by atoms with Gasteiger partial charge >= 0.3 is 0 Å². The van der Waals surface area contributed by atoms with Gasteiger partial charge in [-0.1, -0.05) is 17.7 Å². The SMILES string of the molecule is Cn1nc(CC(=O)N2CCC(Oc3cccc(C#N)c3Cl)CC2)ccc1=O. The third-order valence-electron chi connectivity index (χ3n) is 4.52. The number of rotatable bonds is 4. The Hall–Kier alpha value is -2.85. The fourth-order valence-corrected chi connectivity index (χ4v) is 3.22. The minimum Gasteiger partial charge on any atom is -0.489 e. The largest absolute Gasteiger partial charge is 0.489 e. The van der Waals surface area contributed by atoms with Gasteiger partial charge in [0.1, 0.15) is 22.9 Å². The van der Waals surface area contributed by atoms with Crippen LogP contribution in [0.3, 0.4) is 0 Å². The van der Waals surface area contributed by atoms with Crippen LogP contribution in [0, 0.1) is 11.3 Å². The van der Waals surface area contributed by atoms with Crippen LogP contribution < -0.4 is 10.3 Å². The van der Waals surface area contributed by atoms with E-state index in [2.05, 4.69) is 5.10 Å². The summed E-state index contributed by atoms with van der Waals surface area (Å²) in [5, 5.41) is 13.5. The highest BCUT2D eigenvalue weighted by Crippen LogP contribution is 2.30. The first-order chi connectivity index (χ1) is 13.0. The minimum absolute atomic E-state index is 0.0240. The highest BCUT2D eigenvalue weighted by Gasteiger charge is 2.25. The van der Waals surface area contributed by atoms with Gasteiger partial charge in [0.25, 0.3) is 5.56 Å². The van der Waals surface area contributed by atoms with Crippen LogP contribution in [-0.2, 0) is 18.3 Å². The van der Waals surface area contributed by atoms with E-state index in [0.717, 1.165) is 0 Å². The molecule has 1 aliphatic rings. The quantitative estimate of drug-likeness (QED) is 0.801. The van der Waals surface area contributed by atoms with E-state index in [4.69, 9.17) is 21.6 Å². The van der Waals surface area contributed by atoms with Crippen molar-refractivity contribution < 1.29 is 9.53 Å². The van der Waals surface area contributed by atoms with Gasteiger partial charge in [0, 0.05) is 39.0 Å². The summed E-state index contributed by atoms with van der Waals surface area (Å²) in [6.07, 6.45) is 1.46. The summed E-state index contributed by atoms with van der Waals surface area (Å²) in [7, 11) is 1.56. The van der Waals surface area contributed by atoms with Gasteiger partial charge in [-0.25, -0.2) is 4.68 Å². The monoisotopic (exact) mass is 386 g/mol. The standard InChI is InChI=1S/C19H19ClN4O3/c1-23-17(25)6-5-14(22-23)11-18(26)24-9-7-15(8-10-24)27-16-4-2-3-13(12-21)19(16)20/h2-6,15H,7-11H2,1H3. The zero-order valence-corrected chi connectivity index (χ0v) is 15.6. The van der Waals surface area contributed by atoms with Crippen LogP contribution in [0.25, 0.3) is 0 Å². The molecule has 140 valence electrons. The van der Waals surface area contributed by atoms with Crippen LogP contribution in [0.1, 0.15) is 24.1 Å². The topological polar surface area (TPSA) is 88.2 Å². The number of amides is 1. The molecule has 1 fully saturated rings. The molecule has 0 atom stereocenters. The number of carbonyl (C=O) groups is 1. The predicted molar refractivity (Wildman–Crippen MR) is 99.6 cm³/mol. The lowest BCUT2D eigenvalue weighted by molar-refractivity contribution is -0.132. The number of carbonyl (C=O) groups excluding carboxylic acids is 1. The molecule has 1 aliphatic heterocycles. The van der Waals surface area contributed by atoms with Crippen molar-refractivity contribution in [3.63, 3.8) is 0 Å². The van der Waals surface area contributed by atoms with E-state index < -0.39 is 0 Å². The summed E-state index contributed by atoms with van der Waals surface area (Å²) in [5.41, 5.74) is 0.746. The van der Waals surface area contributed by atoms with E-state index in [0.29, 0.717) is 48.0 Å². The summed E-state index contributed by atoms with van der Waals surface area (Å²) < 4.78 is 7.16. The number of piperidine rings is 1. The molecule has 8 heteroatoms. The molecule has 1 saturated heterocycles. The molecular weight excluding hydrogens is 368 g/mol. The molecular formula is C19H19ClN4O3. The lowest BCUT2D eigenvalue weighted by Crippen LogP contribution is -2.42. The van der Waals surface area contributed by atoms with Gasteiger partial charge in [-0.3, -0.25) is 9.59 Å². The highest BCUT2D eigenvalue weighted by atomic mass is 35.5. The first-order valence-corrected chi connectivity index (χ1v) is 9.02. The second-order valence-corrected chi connectivity index (χ2v) is 6.77. The van der Waals surface area contributed by atoms with Gasteiger partial charge in [0.15, 0.2) is 0 Å². The zero-order chi connectivity index (χ0) is 19.4. The molecule has 7 nitrogen and oxygen atoms in total.